The van der Waals surface area contributed by atoms with Crippen LogP contribution < -0.4 is 0 Å². The normalized spacial score (nSPS) is 14.1. The van der Waals surface area contributed by atoms with E-state index in [4.69, 9.17) is 9.47 Å². The van der Waals surface area contributed by atoms with Gasteiger partial charge in [-0.1, -0.05) is 159 Å². The highest BCUT2D eigenvalue weighted by Crippen LogP contribution is 2.13. The maximum atomic E-state index is 12.1. The summed E-state index contributed by atoms with van der Waals surface area (Å²) in [6.07, 6.45) is 35.2. The van der Waals surface area contributed by atoms with Crippen molar-refractivity contribution >= 4 is 11.9 Å². The summed E-state index contributed by atoms with van der Waals surface area (Å²) in [6, 6.07) is 0. The number of aliphatic hydroxyl groups excluding tert-OH is 3. The molecule has 0 aliphatic heterocycles. The topological polar surface area (TPSA) is 113 Å². The third-order valence-electron chi connectivity index (χ3n) is 7.83. The number of unbranched alkanes of at least 4 members (excludes halogenated alkanes) is 14. The van der Waals surface area contributed by atoms with Crippen LogP contribution in [0.2, 0.25) is 0 Å². The number of hydrogen-bond donors (Lipinski definition) is 3. The van der Waals surface area contributed by atoms with Gasteiger partial charge in [0.15, 0.2) is 6.10 Å². The predicted molar refractivity (Wildman–Crippen MR) is 189 cm³/mol. The van der Waals surface area contributed by atoms with Crippen LogP contribution >= 0.6 is 0 Å². The molecular weight excluding hydrogens is 580 g/mol. The van der Waals surface area contributed by atoms with Crippen molar-refractivity contribution in [1.82, 2.24) is 0 Å². The van der Waals surface area contributed by atoms with Crippen molar-refractivity contribution in [2.24, 2.45) is 0 Å². The van der Waals surface area contributed by atoms with Gasteiger partial charge in [-0.15, -0.1) is 0 Å². The molecule has 0 aromatic carbocycles. The lowest BCUT2D eigenvalue weighted by Crippen LogP contribution is -2.28. The number of hydrogen-bond acceptors (Lipinski definition) is 7. The van der Waals surface area contributed by atoms with E-state index in [1.54, 1.807) is 12.2 Å². The number of rotatable bonds is 32. The minimum absolute atomic E-state index is 0.136. The Labute approximate surface area is 281 Å². The monoisotopic (exact) mass is 648 g/mol. The number of allylic oxidation sites excluding steroid dienone is 6. The Morgan fingerprint density at radius 3 is 1.57 bits per heavy atom. The summed E-state index contributed by atoms with van der Waals surface area (Å²) < 4.78 is 10.5. The minimum atomic E-state index is -0.855. The number of esters is 2. The largest absolute Gasteiger partial charge is 0.462 e. The van der Waals surface area contributed by atoms with Gasteiger partial charge in [-0.25, -0.2) is 0 Å². The van der Waals surface area contributed by atoms with Gasteiger partial charge in [0.05, 0.1) is 18.8 Å². The molecule has 0 aliphatic rings. The van der Waals surface area contributed by atoms with E-state index in [1.807, 2.05) is 36.5 Å². The Morgan fingerprint density at radius 2 is 1.04 bits per heavy atom. The molecule has 0 fully saturated rings. The third kappa shape index (κ3) is 31.7. The second kappa shape index (κ2) is 34.1. The molecule has 0 aliphatic carbocycles. The summed E-state index contributed by atoms with van der Waals surface area (Å²) in [5.41, 5.74) is 0. The highest BCUT2D eigenvalue weighted by atomic mass is 16.6. The van der Waals surface area contributed by atoms with E-state index in [0.717, 1.165) is 51.4 Å². The van der Waals surface area contributed by atoms with Gasteiger partial charge < -0.3 is 24.8 Å². The molecule has 0 bridgehead atoms. The van der Waals surface area contributed by atoms with Crippen LogP contribution in [0.15, 0.2) is 48.6 Å². The summed E-state index contributed by atoms with van der Waals surface area (Å²) in [4.78, 5) is 24.2. The van der Waals surface area contributed by atoms with Crippen molar-refractivity contribution in [1.29, 1.82) is 0 Å². The van der Waals surface area contributed by atoms with E-state index in [-0.39, 0.29) is 25.1 Å². The molecule has 46 heavy (non-hydrogen) atoms. The third-order valence-corrected chi connectivity index (χ3v) is 7.83. The van der Waals surface area contributed by atoms with E-state index >= 15 is 0 Å². The molecule has 0 unspecified atom stereocenters. The van der Waals surface area contributed by atoms with Crippen LogP contribution in [0.4, 0.5) is 0 Å². The lowest BCUT2D eigenvalue weighted by molar-refractivity contribution is -0.161. The Balaban J connectivity index is 3.85. The smallest absolute Gasteiger partial charge is 0.306 e. The highest BCUT2D eigenvalue weighted by Gasteiger charge is 2.16. The number of ether oxygens (including phenoxy) is 2. The molecule has 0 saturated heterocycles. The first-order valence-corrected chi connectivity index (χ1v) is 18.4. The van der Waals surface area contributed by atoms with Gasteiger partial charge in [0.25, 0.3) is 0 Å². The molecule has 3 atom stereocenters. The summed E-state index contributed by atoms with van der Waals surface area (Å²) in [5.74, 6) is -0.820. The van der Waals surface area contributed by atoms with Crippen molar-refractivity contribution < 1.29 is 34.4 Å². The zero-order chi connectivity index (χ0) is 33.9. The first kappa shape index (κ1) is 43.8. The zero-order valence-corrected chi connectivity index (χ0v) is 29.3. The fraction of sp³-hybridized carbons (Fsp3) is 0.744. The lowest BCUT2D eigenvalue weighted by atomic mass is 10.0. The van der Waals surface area contributed by atoms with Crippen LogP contribution in [-0.4, -0.2) is 58.8 Å². The summed E-state index contributed by atoms with van der Waals surface area (Å²) >= 11 is 0. The first-order valence-electron chi connectivity index (χ1n) is 18.4. The quantitative estimate of drug-likeness (QED) is 0.0379. The average Bonchev–Trinajstić information content (AvgIpc) is 3.04. The molecule has 7 nitrogen and oxygen atoms in total. The second-order valence-corrected chi connectivity index (χ2v) is 12.4. The summed E-state index contributed by atoms with van der Waals surface area (Å²) in [7, 11) is 0. The van der Waals surface area contributed by atoms with Gasteiger partial charge in [-0.2, -0.15) is 0 Å². The molecule has 0 heterocycles. The van der Waals surface area contributed by atoms with Crippen molar-refractivity contribution in [2.75, 3.05) is 13.2 Å². The number of carbonyl (C=O) groups excluding carboxylic acids is 2. The maximum Gasteiger partial charge on any atom is 0.306 e. The van der Waals surface area contributed by atoms with Crippen LogP contribution in [0.25, 0.3) is 0 Å². The van der Waals surface area contributed by atoms with Gasteiger partial charge in [0, 0.05) is 12.8 Å². The molecule has 266 valence electrons. The Morgan fingerprint density at radius 1 is 0.587 bits per heavy atom. The molecule has 0 saturated carbocycles. The predicted octanol–water partition coefficient (Wildman–Crippen LogP) is 9.00. The fourth-order valence-corrected chi connectivity index (χ4v) is 4.94. The number of carbonyl (C=O) groups is 2. The van der Waals surface area contributed by atoms with Gasteiger partial charge in [-0.05, 0) is 32.1 Å². The molecule has 0 amide bonds. The summed E-state index contributed by atoms with van der Waals surface area (Å²) in [6.45, 7) is 3.83. The van der Waals surface area contributed by atoms with E-state index in [0.29, 0.717) is 19.3 Å². The van der Waals surface area contributed by atoms with Gasteiger partial charge in [0.2, 0.25) is 0 Å². The van der Waals surface area contributed by atoms with E-state index in [2.05, 4.69) is 13.8 Å². The molecule has 7 heteroatoms. The summed E-state index contributed by atoms with van der Waals surface area (Å²) in [5, 5.41) is 29.5. The number of aliphatic hydroxyl groups is 3. The van der Waals surface area contributed by atoms with Crippen molar-refractivity contribution in [2.45, 2.75) is 173 Å². The van der Waals surface area contributed by atoms with Crippen molar-refractivity contribution in [3.05, 3.63) is 48.6 Å². The molecule has 0 aromatic rings. The minimum Gasteiger partial charge on any atom is -0.462 e. The van der Waals surface area contributed by atoms with Crippen LogP contribution in [0, 0.1) is 0 Å². The Kier molecular flexibility index (Phi) is 32.5. The second-order valence-electron chi connectivity index (χ2n) is 12.4. The Hall–Kier alpha value is -2.22. The average molecular weight is 649 g/mol. The fourth-order valence-electron chi connectivity index (χ4n) is 4.94. The van der Waals surface area contributed by atoms with Gasteiger partial charge >= 0.3 is 11.9 Å². The molecule has 0 rings (SSSR count). The van der Waals surface area contributed by atoms with Crippen molar-refractivity contribution in [3.8, 4) is 0 Å². The van der Waals surface area contributed by atoms with Gasteiger partial charge in [-0.3, -0.25) is 9.59 Å². The first-order chi connectivity index (χ1) is 22.4. The molecule has 0 aromatic heterocycles. The van der Waals surface area contributed by atoms with Gasteiger partial charge in [0.1, 0.15) is 6.61 Å². The van der Waals surface area contributed by atoms with E-state index in [1.165, 1.54) is 64.2 Å². The van der Waals surface area contributed by atoms with Crippen LogP contribution in [0.5, 0.6) is 0 Å². The molecule has 3 N–H and O–H groups in total. The van der Waals surface area contributed by atoms with Crippen molar-refractivity contribution in [3.63, 3.8) is 0 Å². The Bertz CT molecular complexity index is 817. The molecule has 0 spiro atoms. The van der Waals surface area contributed by atoms with Crippen LogP contribution in [-0.2, 0) is 19.1 Å². The lowest BCUT2D eigenvalue weighted by Gasteiger charge is -2.16. The highest BCUT2D eigenvalue weighted by molar-refractivity contribution is 5.70. The standard InChI is InChI=1S/C39H68O7/c1-3-5-7-8-9-10-11-12-13-14-18-21-25-31-39(44)46-37(33-40)34-45-38(43)32-26-30-36(42)29-24-20-17-15-16-19-23-28-35(41)27-22-6-4-2/h16-17,19-20,23-24,28-29,35-37,40-42H,3-15,18,21-22,25-27,30-34H2,1-2H3/b19-16-,20-17-,28-23+,29-24+/t35-,36-,37-/m0/s1. The molecular formula is C39H68O7. The SMILES string of the molecule is CCCCCCCCCCCCCCCC(=O)O[C@@H](CO)COC(=O)CCC[C@@H](O)/C=C/C=C\C/C=C\C=C\[C@@H](O)CCCCC. The van der Waals surface area contributed by atoms with Crippen LogP contribution in [0.1, 0.15) is 155 Å². The van der Waals surface area contributed by atoms with Crippen LogP contribution in [0.3, 0.4) is 0 Å². The maximum absolute atomic E-state index is 12.1. The zero-order valence-electron chi connectivity index (χ0n) is 29.3. The van der Waals surface area contributed by atoms with E-state index in [9.17, 15) is 24.9 Å². The van der Waals surface area contributed by atoms with E-state index < -0.39 is 24.8 Å². The molecule has 0 radical (unpaired) electrons.